The van der Waals surface area contributed by atoms with Crippen LogP contribution in [0.5, 0.6) is 0 Å². The van der Waals surface area contributed by atoms with Gasteiger partial charge in [0.15, 0.2) is 0 Å². The van der Waals surface area contributed by atoms with Crippen molar-refractivity contribution in [2.75, 3.05) is 0 Å². The Labute approximate surface area is 81.1 Å². The Hall–Kier alpha value is 0. The first-order chi connectivity index (χ1) is 6.05. The molecule has 4 aliphatic rings. The minimum Gasteiger partial charge on any atom is -0.0596 e. The van der Waals surface area contributed by atoms with Gasteiger partial charge in [0.25, 0.3) is 0 Å². The lowest BCUT2D eigenvalue weighted by Gasteiger charge is -2.57. The SMILES string of the molecule is CC12CC3CC4CC(C)(C1)C4(C3)C2. The normalized spacial score (nSPS) is 72.5. The van der Waals surface area contributed by atoms with Gasteiger partial charge in [-0.3, -0.25) is 0 Å². The second kappa shape index (κ2) is 1.61. The van der Waals surface area contributed by atoms with Gasteiger partial charge >= 0.3 is 0 Å². The van der Waals surface area contributed by atoms with E-state index in [2.05, 4.69) is 13.8 Å². The van der Waals surface area contributed by atoms with Crippen molar-refractivity contribution in [3.05, 3.63) is 0 Å². The van der Waals surface area contributed by atoms with E-state index in [-0.39, 0.29) is 0 Å². The van der Waals surface area contributed by atoms with Gasteiger partial charge in [0.1, 0.15) is 0 Å². The van der Waals surface area contributed by atoms with Crippen molar-refractivity contribution >= 4 is 0 Å². The highest BCUT2D eigenvalue weighted by Gasteiger charge is 2.74. The maximum absolute atomic E-state index is 2.60. The lowest BCUT2D eigenvalue weighted by Crippen LogP contribution is -2.50. The van der Waals surface area contributed by atoms with Gasteiger partial charge in [-0.2, -0.15) is 0 Å². The van der Waals surface area contributed by atoms with Crippen molar-refractivity contribution in [2.24, 2.45) is 28.1 Å². The van der Waals surface area contributed by atoms with E-state index in [4.69, 9.17) is 0 Å². The molecule has 0 aliphatic heterocycles. The lowest BCUT2D eigenvalue weighted by molar-refractivity contribution is -0.0855. The summed E-state index contributed by atoms with van der Waals surface area (Å²) in [6.45, 7) is 5.18. The van der Waals surface area contributed by atoms with Crippen molar-refractivity contribution < 1.29 is 0 Å². The molecule has 0 heterocycles. The molecule has 4 rings (SSSR count). The number of rotatable bonds is 0. The first-order valence-electron chi connectivity index (χ1n) is 6.05. The Balaban J connectivity index is 1.92. The average molecular weight is 176 g/mol. The molecule has 0 N–H and O–H groups in total. The smallest absolute Gasteiger partial charge is 0.0207 e. The monoisotopic (exact) mass is 176 g/mol. The molecule has 0 saturated heterocycles. The molecule has 1 spiro atoms. The molecule has 0 nitrogen and oxygen atoms in total. The van der Waals surface area contributed by atoms with Gasteiger partial charge in [-0.15, -0.1) is 0 Å². The highest BCUT2D eigenvalue weighted by molar-refractivity contribution is 5.24. The van der Waals surface area contributed by atoms with E-state index in [1.165, 1.54) is 0 Å². The largest absolute Gasteiger partial charge is 0.0596 e. The fraction of sp³-hybridized carbons (Fsp3) is 1.00. The van der Waals surface area contributed by atoms with E-state index >= 15 is 0 Å². The quantitative estimate of drug-likeness (QED) is 0.529. The maximum Gasteiger partial charge on any atom is -0.0207 e. The predicted molar refractivity (Wildman–Crippen MR) is 53.3 cm³/mol. The van der Waals surface area contributed by atoms with Gasteiger partial charge in [0, 0.05) is 0 Å². The lowest BCUT2D eigenvalue weighted by atomic mass is 9.47. The van der Waals surface area contributed by atoms with Crippen molar-refractivity contribution in [3.8, 4) is 0 Å². The topological polar surface area (TPSA) is 0 Å². The van der Waals surface area contributed by atoms with Crippen LogP contribution in [-0.2, 0) is 0 Å². The Morgan fingerprint density at radius 1 is 1.00 bits per heavy atom. The zero-order valence-corrected chi connectivity index (χ0v) is 8.90. The Morgan fingerprint density at radius 2 is 1.85 bits per heavy atom. The Kier molecular flexibility index (Phi) is 0.907. The molecule has 0 aromatic carbocycles. The molecule has 3 bridgehead atoms. The summed E-state index contributed by atoms with van der Waals surface area (Å²) in [5.74, 6) is 2.29. The molecule has 0 amide bonds. The second-order valence-electron chi connectivity index (χ2n) is 7.29. The molecule has 4 saturated carbocycles. The molecule has 0 aromatic rings. The second-order valence-corrected chi connectivity index (χ2v) is 7.29. The first-order valence-corrected chi connectivity index (χ1v) is 6.05. The van der Waals surface area contributed by atoms with E-state index in [1.807, 2.05) is 0 Å². The molecule has 13 heavy (non-hydrogen) atoms. The minimum absolute atomic E-state index is 0.767. The number of hydrogen-bond donors (Lipinski definition) is 0. The van der Waals surface area contributed by atoms with Crippen LogP contribution in [0.1, 0.15) is 52.4 Å². The highest BCUT2D eigenvalue weighted by Crippen LogP contribution is 2.83. The molecule has 5 atom stereocenters. The van der Waals surface area contributed by atoms with Crippen LogP contribution >= 0.6 is 0 Å². The maximum atomic E-state index is 2.60. The van der Waals surface area contributed by atoms with Gasteiger partial charge in [-0.1, -0.05) is 13.8 Å². The zero-order chi connectivity index (χ0) is 8.90. The van der Waals surface area contributed by atoms with Crippen LogP contribution in [0, 0.1) is 28.1 Å². The van der Waals surface area contributed by atoms with Crippen LogP contribution in [0.2, 0.25) is 0 Å². The van der Waals surface area contributed by atoms with Gasteiger partial charge < -0.3 is 0 Å². The summed E-state index contributed by atoms with van der Waals surface area (Å²) in [5, 5.41) is 0. The summed E-state index contributed by atoms with van der Waals surface area (Å²) < 4.78 is 0. The summed E-state index contributed by atoms with van der Waals surface area (Å²) in [6, 6.07) is 0. The van der Waals surface area contributed by atoms with E-state index in [0.717, 1.165) is 28.1 Å². The summed E-state index contributed by atoms with van der Waals surface area (Å²) in [7, 11) is 0. The van der Waals surface area contributed by atoms with Crippen molar-refractivity contribution in [1.82, 2.24) is 0 Å². The summed E-state index contributed by atoms with van der Waals surface area (Å²) >= 11 is 0. The third-order valence-electron chi connectivity index (χ3n) is 6.29. The summed E-state index contributed by atoms with van der Waals surface area (Å²) in [5.41, 5.74) is 2.42. The zero-order valence-electron chi connectivity index (χ0n) is 8.90. The fourth-order valence-electron chi connectivity index (χ4n) is 6.47. The van der Waals surface area contributed by atoms with Crippen LogP contribution in [0.15, 0.2) is 0 Å². The van der Waals surface area contributed by atoms with E-state index in [0.29, 0.717) is 0 Å². The fourth-order valence-corrected chi connectivity index (χ4v) is 6.47. The summed E-state index contributed by atoms with van der Waals surface area (Å²) in [4.78, 5) is 0. The summed E-state index contributed by atoms with van der Waals surface area (Å²) in [6.07, 6.45) is 9.53. The average Bonchev–Trinajstić information content (AvgIpc) is 2.26. The van der Waals surface area contributed by atoms with Gasteiger partial charge in [0.05, 0.1) is 0 Å². The molecular weight excluding hydrogens is 156 g/mol. The van der Waals surface area contributed by atoms with E-state index in [9.17, 15) is 0 Å². The van der Waals surface area contributed by atoms with Crippen molar-refractivity contribution in [2.45, 2.75) is 52.4 Å². The van der Waals surface area contributed by atoms with Gasteiger partial charge in [-0.05, 0) is 66.6 Å². The molecule has 0 aromatic heterocycles. The minimum atomic E-state index is 0.767. The van der Waals surface area contributed by atoms with Crippen molar-refractivity contribution in [1.29, 1.82) is 0 Å². The third-order valence-corrected chi connectivity index (χ3v) is 6.29. The Morgan fingerprint density at radius 3 is 2.69 bits per heavy atom. The van der Waals surface area contributed by atoms with Crippen LogP contribution in [0.3, 0.4) is 0 Å². The Bertz CT molecular complexity index is 294. The highest BCUT2D eigenvalue weighted by atomic mass is 14.8. The molecule has 4 aliphatic carbocycles. The molecule has 0 heteroatoms. The molecule has 5 unspecified atom stereocenters. The first kappa shape index (κ1) is 7.31. The molecular formula is C13H20. The number of hydrogen-bond acceptors (Lipinski definition) is 0. The predicted octanol–water partition coefficient (Wildman–Crippen LogP) is 3.61. The van der Waals surface area contributed by atoms with Crippen LogP contribution in [-0.4, -0.2) is 0 Å². The molecule has 0 radical (unpaired) electrons. The standard InChI is InChI=1S/C13H20/c1-11-4-9-3-10-6-12(2,7-11)13(10,5-9)8-11/h9-10H,3-8H2,1-2H3. The van der Waals surface area contributed by atoms with E-state index < -0.39 is 0 Å². The van der Waals surface area contributed by atoms with Crippen LogP contribution < -0.4 is 0 Å². The van der Waals surface area contributed by atoms with Gasteiger partial charge in [-0.25, -0.2) is 0 Å². The van der Waals surface area contributed by atoms with Crippen LogP contribution in [0.25, 0.3) is 0 Å². The van der Waals surface area contributed by atoms with Crippen LogP contribution in [0.4, 0.5) is 0 Å². The third kappa shape index (κ3) is 0.567. The van der Waals surface area contributed by atoms with Gasteiger partial charge in [0.2, 0.25) is 0 Å². The number of fused-ring (bicyclic) bond motifs is 2. The van der Waals surface area contributed by atoms with E-state index in [1.54, 1.807) is 38.5 Å². The van der Waals surface area contributed by atoms with Crippen molar-refractivity contribution in [3.63, 3.8) is 0 Å². The molecule has 72 valence electrons. The molecule has 4 fully saturated rings.